The molecule has 1 saturated heterocycles. The summed E-state index contributed by atoms with van der Waals surface area (Å²) in [7, 11) is 0. The van der Waals surface area contributed by atoms with E-state index in [4.69, 9.17) is 12.2 Å². The van der Waals surface area contributed by atoms with Gasteiger partial charge < -0.3 is 19.9 Å². The third-order valence-electron chi connectivity index (χ3n) is 5.73. The van der Waals surface area contributed by atoms with Gasteiger partial charge in [-0.1, -0.05) is 18.2 Å². The van der Waals surface area contributed by atoms with Gasteiger partial charge in [0.25, 0.3) is 0 Å². The van der Waals surface area contributed by atoms with Crippen LogP contribution in [0.3, 0.4) is 0 Å². The van der Waals surface area contributed by atoms with E-state index in [-0.39, 0.29) is 17.6 Å². The molecule has 2 unspecified atom stereocenters. The Bertz CT molecular complexity index is 1290. The third-order valence-corrected chi connectivity index (χ3v) is 6.08. The first kappa shape index (κ1) is 20.8. The minimum atomic E-state index is -0.959. The lowest BCUT2D eigenvalue weighted by Crippen LogP contribution is -2.30. The Hall–Kier alpha value is -4.04. The van der Waals surface area contributed by atoms with Crippen molar-refractivity contribution in [2.75, 3.05) is 0 Å². The normalized spacial score (nSPS) is 17.7. The number of thiocarbonyl (C=S) groups is 1. The van der Waals surface area contributed by atoms with E-state index in [1.807, 2.05) is 65.5 Å². The molecule has 2 atom stereocenters. The van der Waals surface area contributed by atoms with E-state index >= 15 is 0 Å². The van der Waals surface area contributed by atoms with Gasteiger partial charge in [-0.25, -0.2) is 4.79 Å². The van der Waals surface area contributed by atoms with Gasteiger partial charge in [-0.15, -0.1) is 0 Å². The maximum atomic E-state index is 11.5. The van der Waals surface area contributed by atoms with Crippen LogP contribution in [0, 0.1) is 0 Å². The molecule has 33 heavy (non-hydrogen) atoms. The van der Waals surface area contributed by atoms with Gasteiger partial charge in [0.15, 0.2) is 5.11 Å². The molecule has 5 rings (SSSR count). The van der Waals surface area contributed by atoms with Gasteiger partial charge in [-0.2, -0.15) is 0 Å². The molecule has 4 aromatic rings. The molecule has 2 N–H and O–H groups in total. The van der Waals surface area contributed by atoms with Gasteiger partial charge in [0, 0.05) is 42.7 Å². The largest absolute Gasteiger partial charge is 0.478 e. The number of nitrogens with one attached hydrogen (secondary N) is 1. The average molecular weight is 456 g/mol. The Morgan fingerprint density at radius 1 is 1.06 bits per heavy atom. The molecule has 8 heteroatoms. The van der Waals surface area contributed by atoms with Gasteiger partial charge in [-0.3, -0.25) is 9.97 Å². The molecule has 1 aromatic carbocycles. The maximum absolute atomic E-state index is 11.5. The number of aromatic carboxylic acids is 1. The topological polar surface area (TPSA) is 83.3 Å². The van der Waals surface area contributed by atoms with Crippen molar-refractivity contribution in [3.8, 4) is 5.69 Å². The quantitative estimate of drug-likeness (QED) is 0.423. The zero-order valence-corrected chi connectivity index (χ0v) is 18.4. The molecule has 0 spiro atoms. The second kappa shape index (κ2) is 8.84. The van der Waals surface area contributed by atoms with Gasteiger partial charge >= 0.3 is 5.97 Å². The summed E-state index contributed by atoms with van der Waals surface area (Å²) in [6, 6.07) is 20.3. The average Bonchev–Trinajstić information content (AvgIpc) is 3.45. The number of aromatic nitrogens is 3. The zero-order valence-electron chi connectivity index (χ0n) is 17.6. The summed E-state index contributed by atoms with van der Waals surface area (Å²) in [5, 5.41) is 13.5. The summed E-state index contributed by atoms with van der Waals surface area (Å²) < 4.78 is 2.01. The molecule has 4 heterocycles. The van der Waals surface area contributed by atoms with Crippen molar-refractivity contribution in [3.63, 3.8) is 0 Å². The van der Waals surface area contributed by atoms with Crippen LogP contribution >= 0.6 is 12.2 Å². The molecule has 0 bridgehead atoms. The zero-order chi connectivity index (χ0) is 22.8. The summed E-state index contributed by atoms with van der Waals surface area (Å²) in [4.78, 5) is 22.5. The van der Waals surface area contributed by atoms with E-state index in [9.17, 15) is 9.90 Å². The number of carboxylic acid groups (broad SMARTS) is 1. The molecule has 3 aromatic heterocycles. The van der Waals surface area contributed by atoms with E-state index in [0.29, 0.717) is 11.7 Å². The SMILES string of the molecule is O=C(O)c1cccc(-n2cccc2C2C(c3ccccn3)NC(=S)N2Cc2cccnc2)c1. The standard InChI is InChI=1S/C25H21N5O2S/c31-24(32)18-7-3-8-19(14-18)29-13-5-10-21(29)23-22(20-9-1-2-12-27-20)28-25(33)30(23)16-17-6-4-11-26-15-17/h1-15,22-23H,16H2,(H,28,33)(H,31,32). The van der Waals surface area contributed by atoms with Crippen molar-refractivity contribution in [2.24, 2.45) is 0 Å². The first-order chi connectivity index (χ1) is 16.1. The van der Waals surface area contributed by atoms with Gasteiger partial charge in [0.1, 0.15) is 0 Å². The van der Waals surface area contributed by atoms with Crippen molar-refractivity contribution in [1.29, 1.82) is 0 Å². The predicted octanol–water partition coefficient (Wildman–Crippen LogP) is 4.14. The van der Waals surface area contributed by atoms with E-state index in [1.165, 1.54) is 0 Å². The van der Waals surface area contributed by atoms with E-state index in [1.54, 1.807) is 30.6 Å². The maximum Gasteiger partial charge on any atom is 0.335 e. The second-order valence-electron chi connectivity index (χ2n) is 7.77. The Balaban J connectivity index is 1.61. The molecule has 164 valence electrons. The lowest BCUT2D eigenvalue weighted by Gasteiger charge is -2.29. The Morgan fingerprint density at radius 2 is 1.97 bits per heavy atom. The minimum Gasteiger partial charge on any atom is -0.478 e. The van der Waals surface area contributed by atoms with Crippen LogP contribution < -0.4 is 5.32 Å². The van der Waals surface area contributed by atoms with Gasteiger partial charge in [0.05, 0.1) is 23.3 Å². The highest BCUT2D eigenvalue weighted by Crippen LogP contribution is 2.40. The number of nitrogens with zero attached hydrogens (tertiary/aromatic N) is 4. The Morgan fingerprint density at radius 3 is 2.73 bits per heavy atom. The van der Waals surface area contributed by atoms with Gasteiger partial charge in [0.2, 0.25) is 0 Å². The lowest BCUT2D eigenvalue weighted by atomic mass is 10.0. The predicted molar refractivity (Wildman–Crippen MR) is 128 cm³/mol. The molecular formula is C25H21N5O2S. The summed E-state index contributed by atoms with van der Waals surface area (Å²) >= 11 is 5.76. The number of pyridine rings is 2. The smallest absolute Gasteiger partial charge is 0.335 e. The van der Waals surface area contributed by atoms with Crippen LogP contribution in [-0.2, 0) is 6.54 Å². The van der Waals surface area contributed by atoms with Crippen molar-refractivity contribution in [1.82, 2.24) is 24.8 Å². The van der Waals surface area contributed by atoms with E-state index in [2.05, 4.69) is 20.2 Å². The van der Waals surface area contributed by atoms with Crippen LogP contribution in [0.1, 0.15) is 39.4 Å². The fraction of sp³-hybridized carbons (Fsp3) is 0.120. The van der Waals surface area contributed by atoms with Crippen molar-refractivity contribution < 1.29 is 9.90 Å². The summed E-state index contributed by atoms with van der Waals surface area (Å²) in [6.07, 6.45) is 7.30. The highest BCUT2D eigenvalue weighted by atomic mass is 32.1. The number of carbonyl (C=O) groups is 1. The highest BCUT2D eigenvalue weighted by molar-refractivity contribution is 7.80. The Kier molecular flexibility index (Phi) is 5.58. The monoisotopic (exact) mass is 455 g/mol. The minimum absolute atomic E-state index is 0.170. The highest BCUT2D eigenvalue weighted by Gasteiger charge is 2.41. The lowest BCUT2D eigenvalue weighted by molar-refractivity contribution is 0.0697. The van der Waals surface area contributed by atoms with E-state index < -0.39 is 5.97 Å². The van der Waals surface area contributed by atoms with Gasteiger partial charge in [-0.05, 0) is 66.3 Å². The molecule has 1 fully saturated rings. The second-order valence-corrected chi connectivity index (χ2v) is 8.16. The molecule has 0 saturated carbocycles. The molecule has 0 aliphatic carbocycles. The number of rotatable bonds is 6. The molecular weight excluding hydrogens is 434 g/mol. The van der Waals surface area contributed by atoms with Crippen molar-refractivity contribution in [2.45, 2.75) is 18.6 Å². The fourth-order valence-corrected chi connectivity index (χ4v) is 4.55. The van der Waals surface area contributed by atoms with Crippen LogP contribution in [0.25, 0.3) is 5.69 Å². The molecule has 0 radical (unpaired) electrons. The summed E-state index contributed by atoms with van der Waals surface area (Å²) in [6.45, 7) is 0.577. The summed E-state index contributed by atoms with van der Waals surface area (Å²) in [5.41, 5.74) is 3.91. The number of hydrogen-bond acceptors (Lipinski definition) is 4. The van der Waals surface area contributed by atoms with Crippen LogP contribution in [-0.4, -0.2) is 35.6 Å². The molecule has 0 amide bonds. The number of benzene rings is 1. The molecule has 1 aliphatic rings. The van der Waals surface area contributed by atoms with Crippen LogP contribution in [0.5, 0.6) is 0 Å². The molecule has 7 nitrogen and oxygen atoms in total. The van der Waals surface area contributed by atoms with Crippen LogP contribution in [0.15, 0.2) is 91.5 Å². The van der Waals surface area contributed by atoms with Crippen molar-refractivity contribution in [3.05, 3.63) is 114 Å². The Labute approximate surface area is 196 Å². The van der Waals surface area contributed by atoms with Crippen molar-refractivity contribution >= 4 is 23.3 Å². The first-order valence-electron chi connectivity index (χ1n) is 10.5. The first-order valence-corrected chi connectivity index (χ1v) is 10.9. The third kappa shape index (κ3) is 4.08. The van der Waals surface area contributed by atoms with Crippen LogP contribution in [0.4, 0.5) is 0 Å². The number of carboxylic acids is 1. The fourth-order valence-electron chi connectivity index (χ4n) is 4.24. The summed E-state index contributed by atoms with van der Waals surface area (Å²) in [5.74, 6) is -0.959. The van der Waals surface area contributed by atoms with E-state index in [0.717, 1.165) is 22.6 Å². The van der Waals surface area contributed by atoms with Crippen LogP contribution in [0.2, 0.25) is 0 Å². The molecule has 1 aliphatic heterocycles. The number of hydrogen-bond donors (Lipinski definition) is 2.